The molecule has 1 aromatic heterocycles. The molecule has 0 spiro atoms. The lowest BCUT2D eigenvalue weighted by molar-refractivity contribution is -0.139. The van der Waals surface area contributed by atoms with E-state index in [1.807, 2.05) is 13.0 Å². The fraction of sp³-hybridized carbons (Fsp3) is 0.583. The monoisotopic (exact) mass is 267 g/mol. The lowest BCUT2D eigenvalue weighted by Gasteiger charge is -2.22. The van der Waals surface area contributed by atoms with Gasteiger partial charge in [0.15, 0.2) is 5.76 Å². The summed E-state index contributed by atoms with van der Waals surface area (Å²) in [4.78, 5) is 24.7. The molecule has 104 valence electrons. The Balaban J connectivity index is 1.98. The highest BCUT2D eigenvalue weighted by atomic mass is 16.5. The summed E-state index contributed by atoms with van der Waals surface area (Å²) in [5, 5.41) is 6.37. The minimum Gasteiger partial charge on any atom is -0.468 e. The third kappa shape index (κ3) is 3.04. The van der Waals surface area contributed by atoms with E-state index in [0.717, 1.165) is 18.5 Å². The van der Waals surface area contributed by atoms with Gasteiger partial charge in [-0.25, -0.2) is 4.79 Å². The van der Waals surface area contributed by atoms with Gasteiger partial charge in [-0.1, -0.05) is 5.16 Å². The highest BCUT2D eigenvalue weighted by Crippen LogP contribution is 2.31. The molecule has 0 bridgehead atoms. The Morgan fingerprint density at radius 1 is 1.63 bits per heavy atom. The number of aromatic nitrogens is 1. The van der Waals surface area contributed by atoms with Gasteiger partial charge in [0.2, 0.25) is 0 Å². The zero-order chi connectivity index (χ0) is 13.8. The van der Waals surface area contributed by atoms with Gasteiger partial charge in [0, 0.05) is 12.6 Å². The van der Waals surface area contributed by atoms with Crippen LogP contribution in [-0.4, -0.2) is 42.3 Å². The normalized spacial score (nSPS) is 18.4. The van der Waals surface area contributed by atoms with Gasteiger partial charge in [-0.05, 0) is 19.8 Å². The second-order valence-electron chi connectivity index (χ2n) is 4.46. The maximum Gasteiger partial charge on any atom is 0.325 e. The SMILES string of the molecule is COC(=O)CNC(=O)N1CCCC1c1cc(C)no1. The van der Waals surface area contributed by atoms with Crippen molar-refractivity contribution in [3.63, 3.8) is 0 Å². The number of hydrogen-bond donors (Lipinski definition) is 1. The second kappa shape index (κ2) is 5.73. The lowest BCUT2D eigenvalue weighted by Crippen LogP contribution is -2.41. The Bertz CT molecular complexity index is 471. The molecule has 1 saturated heterocycles. The fourth-order valence-corrected chi connectivity index (χ4v) is 2.17. The number of urea groups is 1. The van der Waals surface area contributed by atoms with Crippen molar-refractivity contribution in [2.45, 2.75) is 25.8 Å². The maximum absolute atomic E-state index is 12.0. The number of nitrogens with zero attached hydrogens (tertiary/aromatic N) is 2. The van der Waals surface area contributed by atoms with E-state index in [9.17, 15) is 9.59 Å². The van der Waals surface area contributed by atoms with Crippen LogP contribution in [0.15, 0.2) is 10.6 Å². The summed E-state index contributed by atoms with van der Waals surface area (Å²) in [7, 11) is 1.28. The molecule has 1 fully saturated rings. The van der Waals surface area contributed by atoms with E-state index in [0.29, 0.717) is 12.3 Å². The number of amides is 2. The third-order valence-corrected chi connectivity index (χ3v) is 3.10. The first-order valence-corrected chi connectivity index (χ1v) is 6.16. The van der Waals surface area contributed by atoms with E-state index >= 15 is 0 Å². The van der Waals surface area contributed by atoms with Gasteiger partial charge in [0.25, 0.3) is 0 Å². The van der Waals surface area contributed by atoms with Crippen LogP contribution in [0, 0.1) is 6.92 Å². The first-order chi connectivity index (χ1) is 9.11. The average molecular weight is 267 g/mol. The highest BCUT2D eigenvalue weighted by molar-refractivity contribution is 5.81. The topological polar surface area (TPSA) is 84.7 Å². The van der Waals surface area contributed by atoms with Crippen molar-refractivity contribution in [2.24, 2.45) is 0 Å². The van der Waals surface area contributed by atoms with Crippen LogP contribution in [0.25, 0.3) is 0 Å². The van der Waals surface area contributed by atoms with Gasteiger partial charge < -0.3 is 19.5 Å². The Morgan fingerprint density at radius 2 is 2.42 bits per heavy atom. The van der Waals surface area contributed by atoms with Crippen LogP contribution in [0.5, 0.6) is 0 Å². The van der Waals surface area contributed by atoms with E-state index in [2.05, 4.69) is 15.2 Å². The van der Waals surface area contributed by atoms with Crippen LogP contribution >= 0.6 is 0 Å². The van der Waals surface area contributed by atoms with Crippen molar-refractivity contribution in [2.75, 3.05) is 20.2 Å². The van der Waals surface area contributed by atoms with E-state index in [-0.39, 0.29) is 18.6 Å². The molecule has 1 aliphatic rings. The molecular formula is C12H17N3O4. The number of hydrogen-bond acceptors (Lipinski definition) is 5. The molecule has 2 amide bonds. The van der Waals surface area contributed by atoms with Crippen molar-refractivity contribution < 1.29 is 18.8 Å². The number of nitrogens with one attached hydrogen (secondary N) is 1. The van der Waals surface area contributed by atoms with Crippen LogP contribution < -0.4 is 5.32 Å². The number of ether oxygens (including phenoxy) is 1. The summed E-state index contributed by atoms with van der Waals surface area (Å²) in [6.07, 6.45) is 1.73. The third-order valence-electron chi connectivity index (χ3n) is 3.10. The molecule has 7 nitrogen and oxygen atoms in total. The zero-order valence-electron chi connectivity index (χ0n) is 11.0. The molecule has 1 aromatic rings. The van der Waals surface area contributed by atoms with Gasteiger partial charge >= 0.3 is 12.0 Å². The first-order valence-electron chi connectivity index (χ1n) is 6.16. The molecule has 2 rings (SSSR count). The number of aryl methyl sites for hydroxylation is 1. The summed E-state index contributed by atoms with van der Waals surface area (Å²) >= 11 is 0. The van der Waals surface area contributed by atoms with Crippen LogP contribution in [0.1, 0.15) is 30.3 Å². The molecule has 0 radical (unpaired) electrons. The number of carbonyl (C=O) groups excluding carboxylic acids is 2. The van der Waals surface area contributed by atoms with Crippen molar-refractivity contribution >= 4 is 12.0 Å². The molecular weight excluding hydrogens is 250 g/mol. The summed E-state index contributed by atoms with van der Waals surface area (Å²) < 4.78 is 9.69. The van der Waals surface area contributed by atoms with E-state index in [4.69, 9.17) is 4.52 Å². The Morgan fingerprint density at radius 3 is 3.05 bits per heavy atom. The molecule has 2 heterocycles. The van der Waals surface area contributed by atoms with Crippen LogP contribution in [0.3, 0.4) is 0 Å². The Labute approximate surface area is 110 Å². The molecule has 1 atom stereocenters. The standard InChI is InChI=1S/C12H17N3O4/c1-8-6-10(19-14-8)9-4-3-5-15(9)12(17)13-7-11(16)18-2/h6,9H,3-5,7H2,1-2H3,(H,13,17). The summed E-state index contributed by atoms with van der Waals surface area (Å²) in [6, 6.07) is 1.43. The number of likely N-dealkylation sites (tertiary alicyclic amines) is 1. The minimum atomic E-state index is -0.473. The number of methoxy groups -OCH3 is 1. The molecule has 1 aliphatic heterocycles. The minimum absolute atomic E-state index is 0.112. The van der Waals surface area contributed by atoms with Crippen LogP contribution in [0.2, 0.25) is 0 Å². The molecule has 0 saturated carbocycles. The van der Waals surface area contributed by atoms with Gasteiger partial charge in [0.05, 0.1) is 18.8 Å². The number of rotatable bonds is 3. The van der Waals surface area contributed by atoms with E-state index in [1.165, 1.54) is 7.11 Å². The zero-order valence-corrected chi connectivity index (χ0v) is 11.0. The smallest absolute Gasteiger partial charge is 0.325 e. The van der Waals surface area contributed by atoms with Crippen molar-refractivity contribution in [3.8, 4) is 0 Å². The average Bonchev–Trinajstić information content (AvgIpc) is 3.03. The second-order valence-corrected chi connectivity index (χ2v) is 4.46. The maximum atomic E-state index is 12.0. The summed E-state index contributed by atoms with van der Waals surface area (Å²) in [6.45, 7) is 2.34. The predicted octanol–water partition coefficient (Wildman–Crippen LogP) is 1.00. The largest absolute Gasteiger partial charge is 0.468 e. The van der Waals surface area contributed by atoms with Crippen LogP contribution in [-0.2, 0) is 9.53 Å². The fourth-order valence-electron chi connectivity index (χ4n) is 2.17. The summed E-state index contributed by atoms with van der Waals surface area (Å²) in [5.74, 6) is 0.211. The van der Waals surface area contributed by atoms with Crippen LogP contribution in [0.4, 0.5) is 4.79 Å². The highest BCUT2D eigenvalue weighted by Gasteiger charge is 2.32. The van der Waals surface area contributed by atoms with Gasteiger partial charge in [-0.3, -0.25) is 4.79 Å². The molecule has 0 aromatic carbocycles. The lowest BCUT2D eigenvalue weighted by atomic mass is 10.1. The van der Waals surface area contributed by atoms with Gasteiger partial charge in [0.1, 0.15) is 6.54 Å². The van der Waals surface area contributed by atoms with E-state index < -0.39 is 5.97 Å². The molecule has 1 N–H and O–H groups in total. The van der Waals surface area contributed by atoms with Gasteiger partial charge in [-0.2, -0.15) is 0 Å². The Kier molecular flexibility index (Phi) is 4.03. The Hall–Kier alpha value is -2.05. The molecule has 19 heavy (non-hydrogen) atoms. The van der Waals surface area contributed by atoms with Gasteiger partial charge in [-0.15, -0.1) is 0 Å². The summed E-state index contributed by atoms with van der Waals surface area (Å²) in [5.41, 5.74) is 0.789. The van der Waals surface area contributed by atoms with Crippen molar-refractivity contribution in [3.05, 3.63) is 17.5 Å². The van der Waals surface area contributed by atoms with E-state index in [1.54, 1.807) is 4.90 Å². The van der Waals surface area contributed by atoms with Crippen molar-refractivity contribution in [1.82, 2.24) is 15.4 Å². The molecule has 0 aliphatic carbocycles. The first kappa shape index (κ1) is 13.4. The molecule has 1 unspecified atom stereocenters. The van der Waals surface area contributed by atoms with Crippen molar-refractivity contribution in [1.29, 1.82) is 0 Å². The quantitative estimate of drug-likeness (QED) is 0.826. The number of carbonyl (C=O) groups is 2. The number of esters is 1. The molecule has 7 heteroatoms. The predicted molar refractivity (Wildman–Crippen MR) is 65.3 cm³/mol.